The highest BCUT2D eigenvalue weighted by molar-refractivity contribution is 6.03. The third-order valence-electron chi connectivity index (χ3n) is 5.26. The average molecular weight is 456 g/mol. The van der Waals surface area contributed by atoms with Crippen molar-refractivity contribution in [2.45, 2.75) is 25.2 Å². The van der Waals surface area contributed by atoms with Crippen LogP contribution in [-0.4, -0.2) is 21.3 Å². The van der Waals surface area contributed by atoms with Gasteiger partial charge < -0.3 is 15.6 Å². The van der Waals surface area contributed by atoms with E-state index in [9.17, 15) is 22.4 Å². The van der Waals surface area contributed by atoms with Gasteiger partial charge in [0.05, 0.1) is 23.4 Å². The molecule has 1 amide bonds. The number of amidine groups is 1. The number of nitrogens with two attached hydrogens (primary N) is 1. The third-order valence-corrected chi connectivity index (χ3v) is 5.26. The van der Waals surface area contributed by atoms with Gasteiger partial charge in [0.2, 0.25) is 0 Å². The Morgan fingerprint density at radius 1 is 1.27 bits per heavy atom. The highest BCUT2D eigenvalue weighted by Crippen LogP contribution is 2.38. The monoisotopic (exact) mass is 456 g/mol. The Labute approximate surface area is 185 Å². The van der Waals surface area contributed by atoms with Crippen molar-refractivity contribution in [2.24, 2.45) is 10.7 Å². The molecule has 3 aromatic rings. The van der Waals surface area contributed by atoms with Crippen molar-refractivity contribution in [3.8, 4) is 6.07 Å². The normalized spacial score (nSPS) is 17.6. The highest BCUT2D eigenvalue weighted by atomic mass is 19.4. The lowest BCUT2D eigenvalue weighted by atomic mass is 9.90. The summed E-state index contributed by atoms with van der Waals surface area (Å²) in [6.07, 6.45) is -2.40. The lowest BCUT2D eigenvalue weighted by Crippen LogP contribution is -2.37. The number of halogens is 4. The number of rotatable bonds is 3. The van der Waals surface area contributed by atoms with Crippen LogP contribution in [0.5, 0.6) is 0 Å². The van der Waals surface area contributed by atoms with E-state index in [2.05, 4.69) is 15.3 Å². The first-order chi connectivity index (χ1) is 15.5. The smallest absolute Gasteiger partial charge is 0.382 e. The molecule has 1 atom stereocenters. The minimum absolute atomic E-state index is 0.0441. The number of alkyl halides is 3. The van der Waals surface area contributed by atoms with Crippen LogP contribution in [0.2, 0.25) is 0 Å². The fraction of sp³-hybridized carbons (Fsp3) is 0.182. The first-order valence-corrected chi connectivity index (χ1v) is 9.61. The summed E-state index contributed by atoms with van der Waals surface area (Å²) in [5.74, 6) is -1.40. The number of carbonyl (C=O) groups is 1. The second-order valence-corrected chi connectivity index (χ2v) is 7.70. The zero-order chi connectivity index (χ0) is 24.0. The largest absolute Gasteiger partial charge is 0.417 e. The summed E-state index contributed by atoms with van der Waals surface area (Å²) >= 11 is 0. The van der Waals surface area contributed by atoms with Crippen LogP contribution in [0, 0.1) is 17.1 Å². The molecule has 168 valence electrons. The summed E-state index contributed by atoms with van der Waals surface area (Å²) in [4.78, 5) is 20.7. The maximum atomic E-state index is 14.8. The van der Waals surface area contributed by atoms with Gasteiger partial charge in [-0.1, -0.05) is 0 Å². The number of nitrogens with zero attached hydrogens (tertiary/aromatic N) is 4. The molecular formula is C22H16F4N6O. The van der Waals surface area contributed by atoms with E-state index in [1.54, 1.807) is 6.92 Å². The van der Waals surface area contributed by atoms with E-state index in [4.69, 9.17) is 11.0 Å². The summed E-state index contributed by atoms with van der Waals surface area (Å²) in [6, 6.07) is 9.41. The Morgan fingerprint density at radius 2 is 2.03 bits per heavy atom. The number of hydrogen-bond acceptors (Lipinski definition) is 5. The zero-order valence-electron chi connectivity index (χ0n) is 17.1. The molecule has 0 spiro atoms. The van der Waals surface area contributed by atoms with Gasteiger partial charge in [0.25, 0.3) is 5.91 Å². The Hall–Kier alpha value is -4.20. The van der Waals surface area contributed by atoms with Crippen LogP contribution in [-0.2, 0) is 18.3 Å². The van der Waals surface area contributed by atoms with Gasteiger partial charge in [-0.25, -0.2) is 9.37 Å². The van der Waals surface area contributed by atoms with E-state index >= 15 is 0 Å². The van der Waals surface area contributed by atoms with Gasteiger partial charge in [0.1, 0.15) is 29.0 Å². The summed E-state index contributed by atoms with van der Waals surface area (Å²) in [5, 5.41) is 11.4. The van der Waals surface area contributed by atoms with Gasteiger partial charge in [-0.3, -0.25) is 9.79 Å². The van der Waals surface area contributed by atoms with Gasteiger partial charge in [0.15, 0.2) is 0 Å². The molecule has 0 aliphatic carbocycles. The maximum Gasteiger partial charge on any atom is 0.417 e. The Bertz CT molecular complexity index is 1320. The number of aliphatic imine (C=N–C) groups is 1. The molecule has 7 nitrogen and oxygen atoms in total. The average Bonchev–Trinajstić information content (AvgIpc) is 3.20. The lowest BCUT2D eigenvalue weighted by molar-refractivity contribution is -0.137. The third kappa shape index (κ3) is 4.15. The minimum Gasteiger partial charge on any atom is -0.382 e. The number of nitrogens with one attached hydrogen (secondary N) is 1. The fourth-order valence-electron chi connectivity index (χ4n) is 3.65. The quantitative estimate of drug-likeness (QED) is 0.585. The van der Waals surface area contributed by atoms with E-state index < -0.39 is 29.0 Å². The maximum absolute atomic E-state index is 14.8. The molecule has 1 aromatic carbocycles. The molecule has 0 bridgehead atoms. The number of fused-ring (bicyclic) bond motifs is 1. The van der Waals surface area contributed by atoms with Crippen molar-refractivity contribution in [3.63, 3.8) is 0 Å². The summed E-state index contributed by atoms with van der Waals surface area (Å²) in [5.41, 5.74) is 4.42. The number of anilines is 1. The zero-order valence-corrected chi connectivity index (χ0v) is 17.1. The molecule has 0 saturated heterocycles. The Kier molecular flexibility index (Phi) is 5.16. The van der Waals surface area contributed by atoms with Crippen LogP contribution in [0.4, 0.5) is 23.2 Å². The van der Waals surface area contributed by atoms with Crippen molar-refractivity contribution in [1.29, 1.82) is 5.26 Å². The number of pyridine rings is 1. The molecular weight excluding hydrogens is 440 g/mol. The van der Waals surface area contributed by atoms with E-state index in [1.165, 1.54) is 35.0 Å². The van der Waals surface area contributed by atoms with E-state index in [0.29, 0.717) is 0 Å². The molecule has 2 aromatic heterocycles. The standard InChI is InChI=1S/C22H16F4N6O/c1-21(11-32-10-13(22(24,25)26)6-18(32)19(28)31-21)15-7-14(3-4-16(15)23)30-20(33)17-5-2-12(8-27)9-29-17/h2-7,9-10H,11H2,1H3,(H2,28,31)(H,30,33)/t21-/m1/s1. The van der Waals surface area contributed by atoms with Crippen molar-refractivity contribution >= 4 is 17.4 Å². The van der Waals surface area contributed by atoms with Gasteiger partial charge in [0, 0.05) is 23.6 Å². The molecule has 3 N–H and O–H groups in total. The number of hydrogen-bond donors (Lipinski definition) is 2. The summed E-state index contributed by atoms with van der Waals surface area (Å²) in [6.45, 7) is 1.45. The second kappa shape index (κ2) is 7.74. The Morgan fingerprint density at radius 3 is 2.67 bits per heavy atom. The molecule has 3 heterocycles. The predicted octanol–water partition coefficient (Wildman–Crippen LogP) is 3.80. The Balaban J connectivity index is 1.64. The number of amides is 1. The number of carbonyl (C=O) groups excluding carboxylic acids is 1. The topological polar surface area (TPSA) is 109 Å². The van der Waals surface area contributed by atoms with E-state index in [-0.39, 0.29) is 40.6 Å². The summed E-state index contributed by atoms with van der Waals surface area (Å²) in [7, 11) is 0. The van der Waals surface area contributed by atoms with Gasteiger partial charge in [-0.15, -0.1) is 0 Å². The first-order valence-electron chi connectivity index (χ1n) is 9.61. The van der Waals surface area contributed by atoms with Crippen LogP contribution < -0.4 is 11.1 Å². The minimum atomic E-state index is -4.56. The first kappa shape index (κ1) is 22.0. The second-order valence-electron chi connectivity index (χ2n) is 7.70. The molecule has 0 radical (unpaired) electrons. The molecule has 0 fully saturated rings. The predicted molar refractivity (Wildman–Crippen MR) is 111 cm³/mol. The van der Waals surface area contributed by atoms with E-state index in [1.807, 2.05) is 6.07 Å². The fourth-order valence-corrected chi connectivity index (χ4v) is 3.65. The van der Waals surface area contributed by atoms with Crippen LogP contribution >= 0.6 is 0 Å². The van der Waals surface area contributed by atoms with Crippen LogP contribution in [0.15, 0.2) is 53.8 Å². The SMILES string of the molecule is C[C@]1(c2cc(NC(=O)c3ccc(C#N)cn3)ccc2F)Cn2cc(C(F)(F)F)cc2C(N)=N1. The lowest BCUT2D eigenvalue weighted by Gasteiger charge is -2.32. The highest BCUT2D eigenvalue weighted by Gasteiger charge is 2.38. The molecule has 1 aliphatic heterocycles. The number of aromatic nitrogens is 2. The molecule has 1 aliphatic rings. The van der Waals surface area contributed by atoms with Crippen LogP contribution in [0.3, 0.4) is 0 Å². The summed E-state index contributed by atoms with van der Waals surface area (Å²) < 4.78 is 55.4. The molecule has 33 heavy (non-hydrogen) atoms. The van der Waals surface area contributed by atoms with Crippen LogP contribution in [0.1, 0.15) is 39.8 Å². The molecule has 0 saturated carbocycles. The van der Waals surface area contributed by atoms with Crippen LogP contribution in [0.25, 0.3) is 0 Å². The molecule has 0 unspecified atom stereocenters. The number of nitriles is 1. The van der Waals surface area contributed by atoms with Crippen molar-refractivity contribution in [3.05, 3.63) is 82.7 Å². The van der Waals surface area contributed by atoms with Gasteiger partial charge in [-0.05, 0) is 43.3 Å². The van der Waals surface area contributed by atoms with Crippen molar-refractivity contribution < 1.29 is 22.4 Å². The number of benzene rings is 1. The van der Waals surface area contributed by atoms with Crippen molar-refractivity contribution in [2.75, 3.05) is 5.32 Å². The van der Waals surface area contributed by atoms with Crippen molar-refractivity contribution in [1.82, 2.24) is 9.55 Å². The molecule has 4 rings (SSSR count). The molecule has 11 heteroatoms. The van der Waals surface area contributed by atoms with Gasteiger partial charge >= 0.3 is 6.18 Å². The van der Waals surface area contributed by atoms with Gasteiger partial charge in [-0.2, -0.15) is 18.4 Å². The van der Waals surface area contributed by atoms with E-state index in [0.717, 1.165) is 18.3 Å².